The van der Waals surface area contributed by atoms with Crippen molar-refractivity contribution in [2.75, 3.05) is 13.2 Å². The first-order valence-electron chi connectivity index (χ1n) is 13.1. The molecular weight excluding hydrogens is 368 g/mol. The highest BCUT2D eigenvalue weighted by Crippen LogP contribution is 2.34. The van der Waals surface area contributed by atoms with Crippen molar-refractivity contribution in [3.63, 3.8) is 0 Å². The topological polar surface area (TPSA) is 18.5 Å². The molecule has 1 heterocycles. The van der Waals surface area contributed by atoms with E-state index in [1.807, 2.05) is 0 Å². The van der Waals surface area contributed by atoms with E-state index in [0.29, 0.717) is 5.92 Å². The third-order valence-electron chi connectivity index (χ3n) is 7.44. The van der Waals surface area contributed by atoms with Gasteiger partial charge in [-0.05, 0) is 36.7 Å². The van der Waals surface area contributed by atoms with Crippen LogP contribution >= 0.6 is 0 Å². The Morgan fingerprint density at radius 2 is 1.30 bits per heavy atom. The molecule has 1 aliphatic carbocycles. The zero-order valence-corrected chi connectivity index (χ0v) is 19.7. The summed E-state index contributed by atoms with van der Waals surface area (Å²) in [5, 5.41) is 0. The second-order valence-electron chi connectivity index (χ2n) is 10.0. The van der Waals surface area contributed by atoms with E-state index in [1.54, 1.807) is 0 Å². The van der Waals surface area contributed by atoms with Gasteiger partial charge in [-0.3, -0.25) is 0 Å². The number of ether oxygens (including phenoxy) is 2. The van der Waals surface area contributed by atoms with Gasteiger partial charge < -0.3 is 9.47 Å². The van der Waals surface area contributed by atoms with Crippen LogP contribution in [0, 0.1) is 17.8 Å². The van der Waals surface area contributed by atoms with Crippen LogP contribution in [0.3, 0.4) is 0 Å². The van der Waals surface area contributed by atoms with Gasteiger partial charge in [-0.2, -0.15) is 0 Å². The molecule has 0 radical (unpaired) electrons. The van der Waals surface area contributed by atoms with E-state index in [0.717, 1.165) is 25.0 Å². The smallest absolute Gasteiger partial charge is 0.183 e. The van der Waals surface area contributed by atoms with Crippen LogP contribution in [0.4, 0.5) is 0 Å². The van der Waals surface area contributed by atoms with Crippen LogP contribution in [0.2, 0.25) is 0 Å². The van der Waals surface area contributed by atoms with Crippen LogP contribution < -0.4 is 0 Å². The van der Waals surface area contributed by atoms with Crippen molar-refractivity contribution in [2.24, 2.45) is 17.8 Å². The summed E-state index contributed by atoms with van der Waals surface area (Å²) >= 11 is 0. The van der Waals surface area contributed by atoms with Gasteiger partial charge in [0.2, 0.25) is 0 Å². The molecule has 1 saturated carbocycles. The van der Waals surface area contributed by atoms with E-state index in [4.69, 9.17) is 9.47 Å². The SMILES string of the molecule is CCCCCCCC1CCC(CCc2ccc(C3OCC(CCC)CO3)cc2)CC1. The van der Waals surface area contributed by atoms with E-state index in [2.05, 4.69) is 38.1 Å². The lowest BCUT2D eigenvalue weighted by atomic mass is 9.77. The van der Waals surface area contributed by atoms with Crippen molar-refractivity contribution in [3.05, 3.63) is 35.4 Å². The molecule has 2 nitrogen and oxygen atoms in total. The first-order chi connectivity index (χ1) is 14.8. The second-order valence-corrected chi connectivity index (χ2v) is 10.0. The zero-order valence-electron chi connectivity index (χ0n) is 19.7. The number of hydrogen-bond acceptors (Lipinski definition) is 2. The van der Waals surface area contributed by atoms with Crippen molar-refractivity contribution < 1.29 is 9.47 Å². The third-order valence-corrected chi connectivity index (χ3v) is 7.44. The van der Waals surface area contributed by atoms with Crippen LogP contribution in [0.15, 0.2) is 24.3 Å². The minimum absolute atomic E-state index is 0.163. The number of rotatable bonds is 12. The predicted molar refractivity (Wildman–Crippen MR) is 127 cm³/mol. The van der Waals surface area contributed by atoms with Crippen LogP contribution in [0.5, 0.6) is 0 Å². The average Bonchev–Trinajstić information content (AvgIpc) is 2.79. The van der Waals surface area contributed by atoms with Gasteiger partial charge in [-0.25, -0.2) is 0 Å². The first-order valence-corrected chi connectivity index (χ1v) is 13.1. The van der Waals surface area contributed by atoms with Gasteiger partial charge in [0.25, 0.3) is 0 Å². The molecule has 0 spiro atoms. The molecule has 0 bridgehead atoms. The zero-order chi connectivity index (χ0) is 21.0. The largest absolute Gasteiger partial charge is 0.348 e. The highest BCUT2D eigenvalue weighted by molar-refractivity contribution is 5.23. The summed E-state index contributed by atoms with van der Waals surface area (Å²) in [5.74, 6) is 2.54. The molecule has 2 fully saturated rings. The molecule has 1 saturated heterocycles. The fraction of sp³-hybridized carbons (Fsp3) is 0.786. The van der Waals surface area contributed by atoms with Crippen LogP contribution in [0.25, 0.3) is 0 Å². The van der Waals surface area contributed by atoms with Gasteiger partial charge in [-0.1, -0.05) is 109 Å². The van der Waals surface area contributed by atoms with Crippen molar-refractivity contribution in [3.8, 4) is 0 Å². The summed E-state index contributed by atoms with van der Waals surface area (Å²) in [5.41, 5.74) is 2.64. The molecule has 2 aliphatic rings. The molecule has 0 amide bonds. The van der Waals surface area contributed by atoms with E-state index in [-0.39, 0.29) is 6.29 Å². The summed E-state index contributed by atoms with van der Waals surface area (Å²) in [6.45, 7) is 6.20. The number of aryl methyl sites for hydroxylation is 1. The maximum atomic E-state index is 5.96. The molecular formula is C28H46O2. The minimum Gasteiger partial charge on any atom is -0.348 e. The summed E-state index contributed by atoms with van der Waals surface area (Å²) in [6, 6.07) is 9.02. The Morgan fingerprint density at radius 3 is 1.93 bits per heavy atom. The Morgan fingerprint density at radius 1 is 0.667 bits per heavy atom. The Bertz CT molecular complexity index is 551. The molecule has 0 N–H and O–H groups in total. The second kappa shape index (κ2) is 13.5. The molecule has 170 valence electrons. The van der Waals surface area contributed by atoms with Crippen molar-refractivity contribution in [1.29, 1.82) is 0 Å². The first kappa shape index (κ1) is 23.8. The van der Waals surface area contributed by atoms with Crippen molar-refractivity contribution >= 4 is 0 Å². The molecule has 3 rings (SSSR count). The quantitative estimate of drug-likeness (QED) is 0.320. The van der Waals surface area contributed by atoms with Gasteiger partial charge >= 0.3 is 0 Å². The number of hydrogen-bond donors (Lipinski definition) is 0. The van der Waals surface area contributed by atoms with E-state index in [1.165, 1.54) is 101 Å². The molecule has 0 atom stereocenters. The molecule has 0 aromatic heterocycles. The third kappa shape index (κ3) is 8.00. The fourth-order valence-corrected chi connectivity index (χ4v) is 5.37. The standard InChI is InChI=1S/C28H46O2/c1-3-5-6-7-8-10-23-11-13-24(14-12-23)15-16-25-17-19-27(20-18-25)28-29-21-26(9-4-2)22-30-28/h17-20,23-24,26,28H,3-16,21-22H2,1-2H3. The number of unbranched alkanes of at least 4 members (excludes halogenated alkanes) is 4. The Kier molecular flexibility index (Phi) is 10.7. The summed E-state index contributed by atoms with van der Waals surface area (Å²) in [6.07, 6.45) is 19.3. The monoisotopic (exact) mass is 414 g/mol. The predicted octanol–water partition coefficient (Wildman–Crippen LogP) is 8.25. The maximum Gasteiger partial charge on any atom is 0.183 e. The summed E-state index contributed by atoms with van der Waals surface area (Å²) in [4.78, 5) is 0. The van der Waals surface area contributed by atoms with Crippen LogP contribution in [-0.2, 0) is 15.9 Å². The Balaban J connectivity index is 1.30. The molecule has 1 aromatic rings. The molecule has 1 aromatic carbocycles. The highest BCUT2D eigenvalue weighted by Gasteiger charge is 2.23. The van der Waals surface area contributed by atoms with Crippen molar-refractivity contribution in [2.45, 2.75) is 110 Å². The van der Waals surface area contributed by atoms with Gasteiger partial charge in [0.1, 0.15) is 0 Å². The molecule has 0 unspecified atom stereocenters. The fourth-order valence-electron chi connectivity index (χ4n) is 5.37. The maximum absolute atomic E-state index is 5.96. The summed E-state index contributed by atoms with van der Waals surface area (Å²) in [7, 11) is 0. The lowest BCUT2D eigenvalue weighted by Gasteiger charge is -2.29. The normalized spacial score (nSPS) is 27.3. The Labute approximate surface area is 186 Å². The lowest BCUT2D eigenvalue weighted by Crippen LogP contribution is -2.26. The molecule has 1 aliphatic heterocycles. The van der Waals surface area contributed by atoms with Crippen LogP contribution in [0.1, 0.15) is 115 Å². The average molecular weight is 415 g/mol. The Hall–Kier alpha value is -0.860. The van der Waals surface area contributed by atoms with E-state index >= 15 is 0 Å². The highest BCUT2D eigenvalue weighted by atomic mass is 16.7. The van der Waals surface area contributed by atoms with Gasteiger partial charge in [0.15, 0.2) is 6.29 Å². The van der Waals surface area contributed by atoms with E-state index < -0.39 is 0 Å². The minimum atomic E-state index is -0.163. The van der Waals surface area contributed by atoms with Crippen LogP contribution in [-0.4, -0.2) is 13.2 Å². The molecule has 2 heteroatoms. The number of benzene rings is 1. The van der Waals surface area contributed by atoms with E-state index in [9.17, 15) is 0 Å². The molecule has 30 heavy (non-hydrogen) atoms. The lowest BCUT2D eigenvalue weighted by molar-refractivity contribution is -0.206. The van der Waals surface area contributed by atoms with Gasteiger partial charge in [0, 0.05) is 11.5 Å². The summed E-state index contributed by atoms with van der Waals surface area (Å²) < 4.78 is 11.9. The van der Waals surface area contributed by atoms with Gasteiger partial charge in [-0.15, -0.1) is 0 Å². The van der Waals surface area contributed by atoms with Crippen molar-refractivity contribution in [1.82, 2.24) is 0 Å². The van der Waals surface area contributed by atoms with Gasteiger partial charge in [0.05, 0.1) is 13.2 Å².